The van der Waals surface area contributed by atoms with Crippen molar-refractivity contribution in [2.75, 3.05) is 13.1 Å². The van der Waals surface area contributed by atoms with Crippen LogP contribution in [0.3, 0.4) is 0 Å². The molecule has 1 rings (SSSR count). The predicted molar refractivity (Wildman–Crippen MR) is 70.9 cm³/mol. The normalized spacial score (nSPS) is 11.4. The predicted octanol–water partition coefficient (Wildman–Crippen LogP) is 3.16. The van der Waals surface area contributed by atoms with Crippen LogP contribution in [0.15, 0.2) is 23.3 Å². The molecule has 0 amide bonds. The molecule has 18 heavy (non-hydrogen) atoms. The van der Waals surface area contributed by atoms with E-state index in [0.717, 1.165) is 17.5 Å². The van der Waals surface area contributed by atoms with Crippen LogP contribution in [0, 0.1) is 25.2 Å². The van der Waals surface area contributed by atoms with Crippen LogP contribution in [-0.2, 0) is 0 Å². The number of hydrogen-bond acceptors (Lipinski definition) is 3. The lowest BCUT2D eigenvalue weighted by Gasteiger charge is -2.15. The average Bonchev–Trinajstić information content (AvgIpc) is 2.38. The van der Waals surface area contributed by atoms with E-state index < -0.39 is 0 Å². The summed E-state index contributed by atoms with van der Waals surface area (Å²) in [5.41, 5.74) is 11.5. The van der Waals surface area contributed by atoms with Crippen LogP contribution < -0.4 is 5.32 Å². The standard InChI is InChI=1S/C13H17N5/c1-10-5-3-6-12(11(10)2)13(9-14)16-7-4-8-17-18-15/h3,5-6,13,16H,4,7-8H2,1-2H3. The fourth-order valence-corrected chi connectivity index (χ4v) is 1.75. The fourth-order valence-electron chi connectivity index (χ4n) is 1.75. The Balaban J connectivity index is 2.64. The first-order chi connectivity index (χ1) is 8.70. The van der Waals surface area contributed by atoms with E-state index >= 15 is 0 Å². The van der Waals surface area contributed by atoms with Crippen molar-refractivity contribution in [2.45, 2.75) is 26.3 Å². The van der Waals surface area contributed by atoms with Crippen molar-refractivity contribution in [1.82, 2.24) is 5.32 Å². The summed E-state index contributed by atoms with van der Waals surface area (Å²) >= 11 is 0. The molecule has 0 bridgehead atoms. The Bertz CT molecular complexity index is 483. The summed E-state index contributed by atoms with van der Waals surface area (Å²) in [6.45, 7) is 5.17. The zero-order chi connectivity index (χ0) is 13.4. The van der Waals surface area contributed by atoms with Gasteiger partial charge in [0, 0.05) is 11.5 Å². The van der Waals surface area contributed by atoms with Crippen molar-refractivity contribution >= 4 is 0 Å². The summed E-state index contributed by atoms with van der Waals surface area (Å²) in [5.74, 6) is 0. The highest BCUT2D eigenvalue weighted by Gasteiger charge is 2.12. The van der Waals surface area contributed by atoms with Gasteiger partial charge in [-0.05, 0) is 49.0 Å². The van der Waals surface area contributed by atoms with Gasteiger partial charge in [0.1, 0.15) is 6.04 Å². The molecule has 0 spiro atoms. The molecule has 5 heteroatoms. The number of nitriles is 1. The molecule has 0 aliphatic carbocycles. The van der Waals surface area contributed by atoms with Crippen LogP contribution in [0.4, 0.5) is 0 Å². The van der Waals surface area contributed by atoms with Crippen molar-refractivity contribution in [3.63, 3.8) is 0 Å². The number of nitrogens with one attached hydrogen (secondary N) is 1. The van der Waals surface area contributed by atoms with Crippen LogP contribution in [-0.4, -0.2) is 13.1 Å². The highest BCUT2D eigenvalue weighted by Crippen LogP contribution is 2.19. The monoisotopic (exact) mass is 243 g/mol. The minimum Gasteiger partial charge on any atom is -0.298 e. The number of azide groups is 1. The first kappa shape index (κ1) is 14.0. The second-order valence-corrected chi connectivity index (χ2v) is 4.11. The van der Waals surface area contributed by atoms with Crippen LogP contribution in [0.1, 0.15) is 29.2 Å². The van der Waals surface area contributed by atoms with E-state index in [0.29, 0.717) is 13.1 Å². The van der Waals surface area contributed by atoms with Crippen molar-refractivity contribution in [1.29, 1.82) is 5.26 Å². The Morgan fingerprint density at radius 3 is 2.94 bits per heavy atom. The molecular formula is C13H17N5. The van der Waals surface area contributed by atoms with Gasteiger partial charge in [0.25, 0.3) is 0 Å². The smallest absolute Gasteiger partial charge is 0.121 e. The topological polar surface area (TPSA) is 84.6 Å². The zero-order valence-corrected chi connectivity index (χ0v) is 10.7. The summed E-state index contributed by atoms with van der Waals surface area (Å²) in [5, 5.41) is 15.8. The van der Waals surface area contributed by atoms with E-state index in [2.05, 4.69) is 21.4 Å². The largest absolute Gasteiger partial charge is 0.298 e. The molecule has 0 fully saturated rings. The average molecular weight is 243 g/mol. The van der Waals surface area contributed by atoms with Gasteiger partial charge in [-0.2, -0.15) is 5.26 Å². The van der Waals surface area contributed by atoms with E-state index in [9.17, 15) is 5.26 Å². The number of hydrogen-bond donors (Lipinski definition) is 1. The fraction of sp³-hybridized carbons (Fsp3) is 0.462. The quantitative estimate of drug-likeness (QED) is 0.360. The molecule has 0 saturated carbocycles. The molecule has 94 valence electrons. The van der Waals surface area contributed by atoms with Crippen molar-refractivity contribution in [2.24, 2.45) is 5.11 Å². The van der Waals surface area contributed by atoms with Gasteiger partial charge >= 0.3 is 0 Å². The van der Waals surface area contributed by atoms with E-state index in [1.165, 1.54) is 5.56 Å². The molecule has 1 N–H and O–H groups in total. The zero-order valence-electron chi connectivity index (χ0n) is 10.7. The molecule has 0 saturated heterocycles. The molecule has 0 heterocycles. The van der Waals surface area contributed by atoms with E-state index in [1.54, 1.807) is 0 Å². The van der Waals surface area contributed by atoms with Crippen molar-refractivity contribution < 1.29 is 0 Å². The molecular weight excluding hydrogens is 226 g/mol. The molecule has 0 aliphatic heterocycles. The molecule has 1 unspecified atom stereocenters. The van der Waals surface area contributed by atoms with Crippen LogP contribution in [0.5, 0.6) is 0 Å². The number of rotatable bonds is 6. The Labute approximate surface area is 107 Å². The third-order valence-electron chi connectivity index (χ3n) is 2.93. The maximum atomic E-state index is 9.20. The van der Waals surface area contributed by atoms with Crippen LogP contribution in [0.2, 0.25) is 0 Å². The van der Waals surface area contributed by atoms with E-state index in [4.69, 9.17) is 5.53 Å². The van der Waals surface area contributed by atoms with Crippen molar-refractivity contribution in [3.05, 3.63) is 45.3 Å². The highest BCUT2D eigenvalue weighted by molar-refractivity contribution is 5.37. The summed E-state index contributed by atoms with van der Waals surface area (Å²) in [7, 11) is 0. The van der Waals surface area contributed by atoms with E-state index in [-0.39, 0.29) is 6.04 Å². The lowest BCUT2D eigenvalue weighted by Crippen LogP contribution is -2.22. The second-order valence-electron chi connectivity index (χ2n) is 4.11. The Kier molecular flexibility index (Phi) is 5.72. The summed E-state index contributed by atoms with van der Waals surface area (Å²) < 4.78 is 0. The van der Waals surface area contributed by atoms with Crippen LogP contribution in [0.25, 0.3) is 10.4 Å². The molecule has 5 nitrogen and oxygen atoms in total. The first-order valence-electron chi connectivity index (χ1n) is 5.90. The molecule has 1 aromatic carbocycles. The Hall–Kier alpha value is -2.02. The molecule has 1 aromatic rings. The third-order valence-corrected chi connectivity index (χ3v) is 2.93. The number of aryl methyl sites for hydroxylation is 1. The second kappa shape index (κ2) is 7.33. The Morgan fingerprint density at radius 1 is 1.50 bits per heavy atom. The van der Waals surface area contributed by atoms with Crippen LogP contribution >= 0.6 is 0 Å². The first-order valence-corrected chi connectivity index (χ1v) is 5.90. The number of benzene rings is 1. The van der Waals surface area contributed by atoms with Gasteiger partial charge < -0.3 is 0 Å². The van der Waals surface area contributed by atoms with Gasteiger partial charge in [0.15, 0.2) is 0 Å². The van der Waals surface area contributed by atoms with Gasteiger partial charge in [0.05, 0.1) is 6.07 Å². The maximum Gasteiger partial charge on any atom is 0.121 e. The SMILES string of the molecule is Cc1cccc(C(C#N)NCCCN=[N+]=[N-])c1C. The minimum absolute atomic E-state index is 0.309. The van der Waals surface area contributed by atoms with Gasteiger partial charge in [-0.25, -0.2) is 0 Å². The highest BCUT2D eigenvalue weighted by atomic mass is 15.1. The molecule has 0 aliphatic rings. The molecule has 0 radical (unpaired) electrons. The summed E-state index contributed by atoms with van der Waals surface area (Å²) in [4.78, 5) is 2.69. The maximum absolute atomic E-state index is 9.20. The van der Waals surface area contributed by atoms with Gasteiger partial charge in [-0.3, -0.25) is 5.32 Å². The minimum atomic E-state index is -0.309. The lowest BCUT2D eigenvalue weighted by atomic mass is 9.98. The van der Waals surface area contributed by atoms with E-state index in [1.807, 2.05) is 32.0 Å². The summed E-state index contributed by atoms with van der Waals surface area (Å²) in [6, 6.07) is 7.92. The third kappa shape index (κ3) is 3.77. The van der Waals surface area contributed by atoms with Gasteiger partial charge in [0.2, 0.25) is 0 Å². The van der Waals surface area contributed by atoms with Gasteiger partial charge in [-0.15, -0.1) is 0 Å². The van der Waals surface area contributed by atoms with Gasteiger partial charge in [-0.1, -0.05) is 23.3 Å². The Morgan fingerprint density at radius 2 is 2.28 bits per heavy atom. The summed E-state index contributed by atoms with van der Waals surface area (Å²) in [6.07, 6.45) is 0.729. The number of nitrogens with zero attached hydrogens (tertiary/aromatic N) is 4. The molecule has 1 atom stereocenters. The molecule has 0 aromatic heterocycles. The lowest BCUT2D eigenvalue weighted by molar-refractivity contribution is 0.605. The van der Waals surface area contributed by atoms with Crippen molar-refractivity contribution in [3.8, 4) is 6.07 Å².